The summed E-state index contributed by atoms with van der Waals surface area (Å²) in [6, 6.07) is 4.92. The third-order valence-electron chi connectivity index (χ3n) is 6.28. The smallest absolute Gasteiger partial charge is 0.225 e. The third kappa shape index (κ3) is 5.49. The molecule has 4 heterocycles. The molecule has 2 aromatic heterocycles. The van der Waals surface area contributed by atoms with Gasteiger partial charge in [0.25, 0.3) is 0 Å². The van der Waals surface area contributed by atoms with Crippen LogP contribution in [-0.4, -0.2) is 50.3 Å². The number of hydrogen-bond donors (Lipinski definition) is 1. The van der Waals surface area contributed by atoms with Crippen molar-refractivity contribution < 1.29 is 19.1 Å². The Bertz CT molecular complexity index is 1160. The summed E-state index contributed by atoms with van der Waals surface area (Å²) in [5, 5.41) is 18.1. The van der Waals surface area contributed by atoms with Crippen LogP contribution in [-0.2, 0) is 22.8 Å². The van der Waals surface area contributed by atoms with Crippen LogP contribution < -0.4 is 4.90 Å². The number of ether oxygens (including phenoxy) is 1. The van der Waals surface area contributed by atoms with Crippen molar-refractivity contribution >= 4 is 11.7 Å². The molecule has 2 aliphatic heterocycles. The number of rotatable bonds is 7. The van der Waals surface area contributed by atoms with E-state index in [1.54, 1.807) is 36.8 Å². The minimum atomic E-state index is -0.451. The molecule has 1 atom stereocenters. The monoisotopic (exact) mass is 480 g/mol. The fourth-order valence-electron chi connectivity index (χ4n) is 4.39. The fraction of sp³-hybridized carbons (Fsp3) is 0.440. The molecule has 10 heteroatoms. The van der Waals surface area contributed by atoms with E-state index in [1.807, 2.05) is 15.8 Å². The number of aliphatic hydroxyl groups is 1. The molecular formula is C25H29FN6O3. The molecular weight excluding hydrogens is 451 g/mol. The normalized spacial score (nSPS) is 19.8. The van der Waals surface area contributed by atoms with E-state index in [2.05, 4.69) is 20.2 Å². The number of piperidine rings is 1. The predicted octanol–water partition coefficient (Wildman–Crippen LogP) is 3.84. The Hall–Kier alpha value is -3.37. The van der Waals surface area contributed by atoms with Gasteiger partial charge in [-0.15, -0.1) is 0 Å². The van der Waals surface area contributed by atoms with Gasteiger partial charge in [0.05, 0.1) is 25.1 Å². The third-order valence-corrected chi connectivity index (χ3v) is 6.28. The molecule has 3 aromatic rings. The van der Waals surface area contributed by atoms with Crippen LogP contribution >= 0.6 is 0 Å². The van der Waals surface area contributed by atoms with Crippen molar-refractivity contribution in [3.8, 4) is 11.1 Å². The van der Waals surface area contributed by atoms with E-state index in [-0.39, 0.29) is 18.4 Å². The lowest BCUT2D eigenvalue weighted by Gasteiger charge is -2.27. The van der Waals surface area contributed by atoms with Crippen LogP contribution in [0, 0.1) is 5.82 Å². The number of benzene rings is 1. The van der Waals surface area contributed by atoms with Gasteiger partial charge in [-0.25, -0.2) is 19.0 Å². The minimum Gasteiger partial charge on any atom is -0.392 e. The summed E-state index contributed by atoms with van der Waals surface area (Å²) in [4.78, 5) is 16.6. The summed E-state index contributed by atoms with van der Waals surface area (Å²) in [5.74, 6) is 0.112. The van der Waals surface area contributed by atoms with Gasteiger partial charge in [0.2, 0.25) is 5.95 Å². The van der Waals surface area contributed by atoms with Crippen molar-refractivity contribution in [3.05, 3.63) is 59.9 Å². The SMILES string of the molecule is OCc1cccc(-c2cnc(N3CCCC(=NOCc4cnn(C5CCCCO5)c4)C3)nc2)c1F. The van der Waals surface area contributed by atoms with Crippen LogP contribution in [0.15, 0.2) is 48.1 Å². The first kappa shape index (κ1) is 23.4. The van der Waals surface area contributed by atoms with Crippen LogP contribution in [0.2, 0.25) is 0 Å². The number of hydrogen-bond acceptors (Lipinski definition) is 8. The molecule has 2 saturated heterocycles. The molecule has 0 aliphatic carbocycles. The molecule has 0 amide bonds. The van der Waals surface area contributed by atoms with Crippen molar-refractivity contribution in [2.45, 2.75) is 51.5 Å². The van der Waals surface area contributed by atoms with Crippen molar-refractivity contribution in [1.82, 2.24) is 19.7 Å². The van der Waals surface area contributed by atoms with E-state index in [4.69, 9.17) is 9.57 Å². The van der Waals surface area contributed by atoms with E-state index in [9.17, 15) is 9.50 Å². The van der Waals surface area contributed by atoms with Crippen molar-refractivity contribution in [3.63, 3.8) is 0 Å². The standard InChI is InChI=1S/C25H29FN6O3/c26-24-19(16-33)5-3-7-22(24)20-12-27-25(28-13-20)31-9-4-6-21(15-31)30-35-17-18-11-29-32(14-18)23-8-1-2-10-34-23/h3,5,7,11-14,23,33H,1-2,4,6,8-10,15-17H2. The Labute approximate surface area is 203 Å². The van der Waals surface area contributed by atoms with Crippen molar-refractivity contribution in [2.75, 3.05) is 24.6 Å². The second kappa shape index (κ2) is 10.9. The first-order chi connectivity index (χ1) is 17.2. The number of aliphatic hydroxyl groups excluding tert-OH is 1. The van der Waals surface area contributed by atoms with Gasteiger partial charge in [0, 0.05) is 54.0 Å². The predicted molar refractivity (Wildman–Crippen MR) is 128 cm³/mol. The fourth-order valence-corrected chi connectivity index (χ4v) is 4.39. The van der Waals surface area contributed by atoms with Crippen LogP contribution in [0.5, 0.6) is 0 Å². The molecule has 2 fully saturated rings. The average molecular weight is 481 g/mol. The average Bonchev–Trinajstić information content (AvgIpc) is 3.39. The van der Waals surface area contributed by atoms with E-state index in [1.165, 1.54) is 0 Å². The Morgan fingerprint density at radius 2 is 2.06 bits per heavy atom. The number of anilines is 1. The van der Waals surface area contributed by atoms with Crippen LogP contribution in [0.3, 0.4) is 0 Å². The van der Waals surface area contributed by atoms with Crippen LogP contribution in [0.25, 0.3) is 11.1 Å². The van der Waals surface area contributed by atoms with Crippen LogP contribution in [0.1, 0.15) is 49.5 Å². The van der Waals surface area contributed by atoms with E-state index in [0.29, 0.717) is 30.2 Å². The summed E-state index contributed by atoms with van der Waals surface area (Å²) >= 11 is 0. The summed E-state index contributed by atoms with van der Waals surface area (Å²) in [6.45, 7) is 2.15. The molecule has 35 heavy (non-hydrogen) atoms. The van der Waals surface area contributed by atoms with Gasteiger partial charge >= 0.3 is 0 Å². The van der Waals surface area contributed by atoms with Crippen molar-refractivity contribution in [1.29, 1.82) is 0 Å². The Morgan fingerprint density at radius 1 is 1.17 bits per heavy atom. The first-order valence-corrected chi connectivity index (χ1v) is 12.0. The molecule has 5 rings (SSSR count). The summed E-state index contributed by atoms with van der Waals surface area (Å²) in [5.41, 5.74) is 3.06. The van der Waals surface area contributed by atoms with Gasteiger partial charge in [-0.2, -0.15) is 5.10 Å². The molecule has 2 aliphatic rings. The van der Waals surface area contributed by atoms with Gasteiger partial charge in [-0.1, -0.05) is 23.4 Å². The molecule has 0 saturated carbocycles. The Kier molecular flexibility index (Phi) is 7.29. The minimum absolute atomic E-state index is 0.0113. The molecule has 0 radical (unpaired) electrons. The van der Waals surface area contributed by atoms with Crippen LogP contribution in [0.4, 0.5) is 10.3 Å². The summed E-state index contributed by atoms with van der Waals surface area (Å²) < 4.78 is 22.2. The zero-order valence-corrected chi connectivity index (χ0v) is 19.5. The second-order valence-electron chi connectivity index (χ2n) is 8.81. The lowest BCUT2D eigenvalue weighted by Crippen LogP contribution is -2.36. The summed E-state index contributed by atoms with van der Waals surface area (Å²) in [7, 11) is 0. The number of halogens is 1. The molecule has 1 aromatic carbocycles. The second-order valence-corrected chi connectivity index (χ2v) is 8.81. The molecule has 0 spiro atoms. The maximum atomic E-state index is 14.5. The zero-order chi connectivity index (χ0) is 24.0. The lowest BCUT2D eigenvalue weighted by molar-refractivity contribution is -0.0396. The van der Waals surface area contributed by atoms with Gasteiger partial charge in [-0.3, -0.25) is 0 Å². The maximum Gasteiger partial charge on any atom is 0.225 e. The Morgan fingerprint density at radius 3 is 2.86 bits per heavy atom. The molecule has 1 unspecified atom stereocenters. The van der Waals surface area contributed by atoms with Gasteiger partial charge in [-0.05, 0) is 32.1 Å². The van der Waals surface area contributed by atoms with E-state index >= 15 is 0 Å². The Balaban J connectivity index is 1.18. The number of oxime groups is 1. The van der Waals surface area contributed by atoms with Gasteiger partial charge in [0.1, 0.15) is 18.7 Å². The lowest BCUT2D eigenvalue weighted by atomic mass is 10.1. The molecule has 0 bridgehead atoms. The highest BCUT2D eigenvalue weighted by molar-refractivity contribution is 5.89. The highest BCUT2D eigenvalue weighted by atomic mass is 19.1. The van der Waals surface area contributed by atoms with E-state index in [0.717, 1.165) is 56.5 Å². The topological polar surface area (TPSA) is 97.9 Å². The highest BCUT2D eigenvalue weighted by Crippen LogP contribution is 2.25. The maximum absolute atomic E-state index is 14.5. The van der Waals surface area contributed by atoms with Crippen molar-refractivity contribution in [2.24, 2.45) is 5.16 Å². The van der Waals surface area contributed by atoms with Gasteiger partial charge < -0.3 is 19.6 Å². The number of nitrogens with zero attached hydrogens (tertiary/aromatic N) is 6. The molecule has 184 valence electrons. The zero-order valence-electron chi connectivity index (χ0n) is 19.5. The van der Waals surface area contributed by atoms with E-state index < -0.39 is 5.82 Å². The van der Waals surface area contributed by atoms with Gasteiger partial charge in [0.15, 0.2) is 0 Å². The largest absolute Gasteiger partial charge is 0.392 e. The highest BCUT2D eigenvalue weighted by Gasteiger charge is 2.20. The molecule has 1 N–H and O–H groups in total. The molecule has 9 nitrogen and oxygen atoms in total. The first-order valence-electron chi connectivity index (χ1n) is 12.0. The summed E-state index contributed by atoms with van der Waals surface area (Å²) in [6.07, 6.45) is 12.0. The quantitative estimate of drug-likeness (QED) is 0.513. The number of aromatic nitrogens is 4.